The molecule has 2 aliphatic carbocycles. The topological polar surface area (TPSA) is 37.4 Å². The van der Waals surface area contributed by atoms with Crippen molar-refractivity contribution in [1.82, 2.24) is 0 Å². The van der Waals surface area contributed by atoms with Gasteiger partial charge in [-0.05, 0) is 42.6 Å². The molecule has 4 atom stereocenters. The van der Waals surface area contributed by atoms with Gasteiger partial charge in [-0.25, -0.2) is 4.90 Å². The number of hydrogen-bond donors (Lipinski definition) is 0. The van der Waals surface area contributed by atoms with Crippen molar-refractivity contribution in [2.24, 2.45) is 23.7 Å². The Bertz CT molecular complexity index is 779. The van der Waals surface area contributed by atoms with Gasteiger partial charge in [0.1, 0.15) is 0 Å². The highest BCUT2D eigenvalue weighted by Gasteiger charge is 2.61. The lowest BCUT2D eigenvalue weighted by atomic mass is 9.81. The third-order valence-electron chi connectivity index (χ3n) is 5.93. The number of imide groups is 1. The minimum atomic E-state index is -0.0507. The summed E-state index contributed by atoms with van der Waals surface area (Å²) < 4.78 is 0. The van der Waals surface area contributed by atoms with E-state index in [0.29, 0.717) is 11.8 Å². The molecule has 5 rings (SSSR count). The summed E-state index contributed by atoms with van der Waals surface area (Å²) in [5, 5.41) is 2.06. The molecule has 0 radical (unpaired) electrons. The van der Waals surface area contributed by atoms with Crippen LogP contribution in [0.2, 0.25) is 0 Å². The van der Waals surface area contributed by atoms with Crippen molar-refractivity contribution < 1.29 is 9.59 Å². The summed E-state index contributed by atoms with van der Waals surface area (Å²) >= 11 is 0. The zero-order valence-corrected chi connectivity index (χ0v) is 12.2. The van der Waals surface area contributed by atoms with Gasteiger partial charge in [0.2, 0.25) is 11.8 Å². The summed E-state index contributed by atoms with van der Waals surface area (Å²) in [4.78, 5) is 27.4. The van der Waals surface area contributed by atoms with E-state index in [1.54, 1.807) is 0 Å². The molecule has 2 saturated carbocycles. The number of rotatable bonds is 1. The van der Waals surface area contributed by atoms with Gasteiger partial charge in [-0.15, -0.1) is 0 Å². The zero-order chi connectivity index (χ0) is 14.8. The molecule has 0 unspecified atom stereocenters. The smallest absolute Gasteiger partial charge is 0.237 e. The SMILES string of the molecule is O=C1[C@H]2[C@@H]3CC[C@@H](C3)[C@@H]2C(=O)N1c1cccc2ccccc12. The van der Waals surface area contributed by atoms with Crippen LogP contribution in [0.4, 0.5) is 5.69 Å². The van der Waals surface area contributed by atoms with Crippen LogP contribution in [0, 0.1) is 23.7 Å². The average molecular weight is 291 g/mol. The molecule has 0 N–H and O–H groups in total. The Balaban J connectivity index is 1.66. The first-order valence-electron chi connectivity index (χ1n) is 8.11. The third-order valence-corrected chi connectivity index (χ3v) is 5.93. The van der Waals surface area contributed by atoms with Crippen LogP contribution < -0.4 is 4.90 Å². The number of anilines is 1. The van der Waals surface area contributed by atoms with E-state index in [2.05, 4.69) is 0 Å². The molecular formula is C19H17NO2. The van der Waals surface area contributed by atoms with Gasteiger partial charge in [0, 0.05) is 5.39 Å². The largest absolute Gasteiger partial charge is 0.274 e. The molecule has 1 saturated heterocycles. The molecule has 3 nitrogen and oxygen atoms in total. The van der Waals surface area contributed by atoms with E-state index in [0.717, 1.165) is 35.7 Å². The van der Waals surface area contributed by atoms with E-state index in [4.69, 9.17) is 0 Å². The van der Waals surface area contributed by atoms with Crippen molar-refractivity contribution >= 4 is 28.3 Å². The molecule has 2 aromatic rings. The maximum Gasteiger partial charge on any atom is 0.237 e. The average Bonchev–Trinajstić information content (AvgIpc) is 3.21. The van der Waals surface area contributed by atoms with Crippen LogP contribution in [0.1, 0.15) is 19.3 Å². The highest BCUT2D eigenvalue weighted by atomic mass is 16.2. The number of carbonyl (C=O) groups excluding carboxylic acids is 2. The second-order valence-electron chi connectivity index (χ2n) is 6.89. The van der Waals surface area contributed by atoms with E-state index in [1.165, 1.54) is 4.90 Å². The second kappa shape index (κ2) is 4.19. The molecule has 3 aliphatic rings. The first-order chi connectivity index (χ1) is 10.8. The van der Waals surface area contributed by atoms with Crippen LogP contribution >= 0.6 is 0 Å². The molecular weight excluding hydrogens is 274 g/mol. The maximum absolute atomic E-state index is 12.9. The van der Waals surface area contributed by atoms with Gasteiger partial charge in [0.15, 0.2) is 0 Å². The minimum absolute atomic E-state index is 0.0403. The van der Waals surface area contributed by atoms with E-state index in [-0.39, 0.29) is 23.7 Å². The Labute approximate surface area is 128 Å². The Morgan fingerprint density at radius 3 is 2.18 bits per heavy atom. The molecule has 110 valence electrons. The molecule has 1 heterocycles. The van der Waals surface area contributed by atoms with Crippen LogP contribution in [-0.2, 0) is 9.59 Å². The Hall–Kier alpha value is -2.16. The molecule has 2 bridgehead atoms. The van der Waals surface area contributed by atoms with Gasteiger partial charge in [0.25, 0.3) is 0 Å². The number of hydrogen-bond acceptors (Lipinski definition) is 2. The van der Waals surface area contributed by atoms with Crippen molar-refractivity contribution in [1.29, 1.82) is 0 Å². The van der Waals surface area contributed by atoms with E-state index in [1.807, 2.05) is 42.5 Å². The van der Waals surface area contributed by atoms with Crippen LogP contribution in [0.15, 0.2) is 42.5 Å². The van der Waals surface area contributed by atoms with Crippen molar-refractivity contribution in [3.8, 4) is 0 Å². The first-order valence-corrected chi connectivity index (χ1v) is 8.11. The minimum Gasteiger partial charge on any atom is -0.274 e. The standard InChI is InChI=1S/C19H17NO2/c21-18-16-12-8-9-13(10-12)17(16)19(22)20(18)15-7-3-5-11-4-1-2-6-14(11)15/h1-7,12-13,16-17H,8-10H2/t12-,13+,16-,17-/m0/s1. The lowest BCUT2D eigenvalue weighted by molar-refractivity contribution is -0.123. The van der Waals surface area contributed by atoms with Gasteiger partial charge >= 0.3 is 0 Å². The Morgan fingerprint density at radius 2 is 1.45 bits per heavy atom. The van der Waals surface area contributed by atoms with Crippen molar-refractivity contribution in [2.75, 3.05) is 4.90 Å². The molecule has 0 spiro atoms. The van der Waals surface area contributed by atoms with Crippen LogP contribution in [-0.4, -0.2) is 11.8 Å². The fraction of sp³-hybridized carbons (Fsp3) is 0.368. The zero-order valence-electron chi connectivity index (χ0n) is 12.2. The monoisotopic (exact) mass is 291 g/mol. The van der Waals surface area contributed by atoms with Crippen molar-refractivity contribution in [2.45, 2.75) is 19.3 Å². The van der Waals surface area contributed by atoms with Gasteiger partial charge in [-0.1, -0.05) is 36.4 Å². The van der Waals surface area contributed by atoms with E-state index >= 15 is 0 Å². The number of benzene rings is 2. The normalized spacial score (nSPS) is 33.0. The van der Waals surface area contributed by atoms with Crippen LogP contribution in [0.25, 0.3) is 10.8 Å². The summed E-state index contributed by atoms with van der Waals surface area (Å²) in [6, 6.07) is 13.8. The van der Waals surface area contributed by atoms with Gasteiger partial charge < -0.3 is 0 Å². The summed E-state index contributed by atoms with van der Waals surface area (Å²) in [6.07, 6.45) is 3.32. The molecule has 22 heavy (non-hydrogen) atoms. The van der Waals surface area contributed by atoms with Crippen molar-refractivity contribution in [3.05, 3.63) is 42.5 Å². The predicted molar refractivity (Wildman–Crippen MR) is 84.3 cm³/mol. The van der Waals surface area contributed by atoms with E-state index in [9.17, 15) is 9.59 Å². The Kier molecular flexibility index (Phi) is 2.36. The van der Waals surface area contributed by atoms with Crippen LogP contribution in [0.5, 0.6) is 0 Å². The summed E-state index contributed by atoms with van der Waals surface area (Å²) in [7, 11) is 0. The number of fused-ring (bicyclic) bond motifs is 6. The molecule has 2 aromatic carbocycles. The first kappa shape index (κ1) is 12.4. The fourth-order valence-corrected chi connectivity index (χ4v) is 5.05. The maximum atomic E-state index is 12.9. The molecule has 0 aromatic heterocycles. The summed E-state index contributed by atoms with van der Waals surface area (Å²) in [6.45, 7) is 0. The number of amides is 2. The predicted octanol–water partition coefficient (Wildman–Crippen LogP) is 3.38. The Morgan fingerprint density at radius 1 is 0.818 bits per heavy atom. The second-order valence-corrected chi connectivity index (χ2v) is 6.89. The molecule has 3 fully saturated rings. The van der Waals surface area contributed by atoms with Crippen molar-refractivity contribution in [3.63, 3.8) is 0 Å². The summed E-state index contributed by atoms with van der Waals surface area (Å²) in [5.41, 5.74) is 0.766. The quantitative estimate of drug-likeness (QED) is 0.755. The number of carbonyl (C=O) groups is 2. The highest BCUT2D eigenvalue weighted by Crippen LogP contribution is 2.56. The van der Waals surface area contributed by atoms with Gasteiger partial charge in [-0.3, -0.25) is 9.59 Å². The van der Waals surface area contributed by atoms with Crippen LogP contribution in [0.3, 0.4) is 0 Å². The lowest BCUT2D eigenvalue weighted by Gasteiger charge is -2.19. The fourth-order valence-electron chi connectivity index (χ4n) is 5.05. The third kappa shape index (κ3) is 1.41. The van der Waals surface area contributed by atoms with Gasteiger partial charge in [-0.2, -0.15) is 0 Å². The highest BCUT2D eigenvalue weighted by molar-refractivity contribution is 6.25. The molecule has 3 heteroatoms. The van der Waals surface area contributed by atoms with Gasteiger partial charge in [0.05, 0.1) is 17.5 Å². The molecule has 2 amide bonds. The molecule has 1 aliphatic heterocycles. The van der Waals surface area contributed by atoms with E-state index < -0.39 is 0 Å². The lowest BCUT2D eigenvalue weighted by Crippen LogP contribution is -2.32. The number of nitrogens with zero attached hydrogens (tertiary/aromatic N) is 1. The summed E-state index contributed by atoms with van der Waals surface area (Å²) in [5.74, 6) is 0.852.